The maximum absolute atomic E-state index is 4.99. The maximum atomic E-state index is 4.99. The van der Waals surface area contributed by atoms with Crippen molar-refractivity contribution in [2.24, 2.45) is 0 Å². The molecule has 0 fully saturated rings. The van der Waals surface area contributed by atoms with Crippen molar-refractivity contribution in [3.05, 3.63) is 42.0 Å². The first-order chi connectivity index (χ1) is 8.81. The summed E-state index contributed by atoms with van der Waals surface area (Å²) in [4.78, 5) is 0. The van der Waals surface area contributed by atoms with E-state index in [0.29, 0.717) is 6.61 Å². The molecule has 1 heterocycles. The van der Waals surface area contributed by atoms with E-state index < -0.39 is 0 Å². The Balaban J connectivity index is 2.15. The lowest BCUT2D eigenvalue weighted by Gasteiger charge is -2.08. The lowest BCUT2D eigenvalue weighted by molar-refractivity contribution is 0.210. The van der Waals surface area contributed by atoms with Crippen molar-refractivity contribution in [3.63, 3.8) is 0 Å². The summed E-state index contributed by atoms with van der Waals surface area (Å²) in [7, 11) is 1.68. The number of rotatable bonds is 5. The summed E-state index contributed by atoms with van der Waals surface area (Å²) in [6.07, 6.45) is 0. The fourth-order valence-corrected chi connectivity index (χ4v) is 1.68. The molecule has 0 amide bonds. The van der Waals surface area contributed by atoms with Gasteiger partial charge in [-0.15, -0.1) is 10.2 Å². The van der Waals surface area contributed by atoms with E-state index in [9.17, 15) is 0 Å². The fraction of sp³-hybridized carbons (Fsp3) is 0.286. The second-order valence-corrected chi connectivity index (χ2v) is 4.05. The van der Waals surface area contributed by atoms with E-state index in [2.05, 4.69) is 15.5 Å². The molecule has 4 nitrogen and oxygen atoms in total. The quantitative estimate of drug-likeness (QED) is 0.820. The molecule has 1 aromatic carbocycles. The third kappa shape index (κ3) is 3.05. The first-order valence-corrected chi connectivity index (χ1v) is 5.94. The van der Waals surface area contributed by atoms with Crippen LogP contribution in [-0.4, -0.2) is 30.5 Å². The van der Waals surface area contributed by atoms with Gasteiger partial charge in [-0.2, -0.15) is 0 Å². The molecule has 94 valence electrons. The number of aromatic nitrogens is 2. The number of anilines is 1. The van der Waals surface area contributed by atoms with E-state index in [4.69, 9.17) is 4.74 Å². The molecule has 0 spiro atoms. The molecule has 0 saturated heterocycles. The minimum Gasteiger partial charge on any atom is -0.383 e. The highest BCUT2D eigenvalue weighted by atomic mass is 16.5. The van der Waals surface area contributed by atoms with Gasteiger partial charge in [0.25, 0.3) is 0 Å². The number of hydrogen-bond donors (Lipinski definition) is 1. The van der Waals surface area contributed by atoms with Gasteiger partial charge in [0.2, 0.25) is 0 Å². The summed E-state index contributed by atoms with van der Waals surface area (Å²) in [5, 5.41) is 11.6. The number of aryl methyl sites for hydroxylation is 1. The van der Waals surface area contributed by atoms with Crippen molar-refractivity contribution in [3.8, 4) is 11.3 Å². The minimum absolute atomic E-state index is 0.654. The summed E-state index contributed by atoms with van der Waals surface area (Å²) < 4.78 is 4.99. The molecule has 0 bridgehead atoms. The van der Waals surface area contributed by atoms with Crippen molar-refractivity contribution in [1.29, 1.82) is 0 Å². The predicted octanol–water partition coefficient (Wildman–Crippen LogP) is 2.51. The highest BCUT2D eigenvalue weighted by molar-refractivity contribution is 5.61. The van der Waals surface area contributed by atoms with Gasteiger partial charge >= 0.3 is 0 Å². The van der Waals surface area contributed by atoms with Crippen LogP contribution in [0.4, 0.5) is 5.82 Å². The van der Waals surface area contributed by atoms with Crippen LogP contribution in [0.15, 0.2) is 36.4 Å². The van der Waals surface area contributed by atoms with Gasteiger partial charge in [-0.3, -0.25) is 0 Å². The maximum Gasteiger partial charge on any atom is 0.151 e. The molecule has 0 aliphatic rings. The largest absolute Gasteiger partial charge is 0.383 e. The molecule has 0 atom stereocenters. The summed E-state index contributed by atoms with van der Waals surface area (Å²) in [5.41, 5.74) is 3.06. The normalized spacial score (nSPS) is 10.3. The van der Waals surface area contributed by atoms with E-state index in [1.807, 2.05) is 43.3 Å². The fourth-order valence-electron chi connectivity index (χ4n) is 1.68. The molecule has 4 heteroatoms. The van der Waals surface area contributed by atoms with Crippen LogP contribution in [0.2, 0.25) is 0 Å². The number of hydrogen-bond acceptors (Lipinski definition) is 4. The van der Waals surface area contributed by atoms with Crippen LogP contribution in [0, 0.1) is 6.92 Å². The Morgan fingerprint density at radius 1 is 1.17 bits per heavy atom. The molecule has 0 aliphatic heterocycles. The second kappa shape index (κ2) is 6.12. The molecular weight excluding hydrogens is 226 g/mol. The first-order valence-electron chi connectivity index (χ1n) is 5.94. The van der Waals surface area contributed by atoms with Crippen LogP contribution < -0.4 is 5.32 Å². The van der Waals surface area contributed by atoms with Crippen molar-refractivity contribution in [1.82, 2.24) is 10.2 Å². The van der Waals surface area contributed by atoms with Crippen LogP contribution in [0.25, 0.3) is 11.3 Å². The average molecular weight is 243 g/mol. The minimum atomic E-state index is 0.654. The molecule has 0 aliphatic carbocycles. The van der Waals surface area contributed by atoms with Crippen LogP contribution in [0.5, 0.6) is 0 Å². The van der Waals surface area contributed by atoms with Gasteiger partial charge in [0.15, 0.2) is 5.82 Å². The van der Waals surface area contributed by atoms with Crippen LogP contribution >= 0.6 is 0 Å². The van der Waals surface area contributed by atoms with Crippen molar-refractivity contribution < 1.29 is 4.74 Å². The topological polar surface area (TPSA) is 47.0 Å². The molecule has 0 unspecified atom stereocenters. The summed E-state index contributed by atoms with van der Waals surface area (Å²) in [6.45, 7) is 3.41. The lowest BCUT2D eigenvalue weighted by atomic mass is 10.1. The Bertz CT molecular complexity index is 500. The van der Waals surface area contributed by atoms with E-state index >= 15 is 0 Å². The van der Waals surface area contributed by atoms with Gasteiger partial charge in [-0.05, 0) is 18.6 Å². The third-order valence-corrected chi connectivity index (χ3v) is 2.65. The highest BCUT2D eigenvalue weighted by Crippen LogP contribution is 2.19. The van der Waals surface area contributed by atoms with Gasteiger partial charge < -0.3 is 10.1 Å². The molecule has 2 aromatic rings. The van der Waals surface area contributed by atoms with Crippen LogP contribution in [0.1, 0.15) is 5.56 Å². The smallest absolute Gasteiger partial charge is 0.151 e. The van der Waals surface area contributed by atoms with Gasteiger partial charge in [-0.25, -0.2) is 0 Å². The number of nitrogens with zero attached hydrogens (tertiary/aromatic N) is 2. The predicted molar refractivity (Wildman–Crippen MR) is 72.6 cm³/mol. The van der Waals surface area contributed by atoms with Crippen molar-refractivity contribution in [2.45, 2.75) is 6.92 Å². The van der Waals surface area contributed by atoms with Crippen molar-refractivity contribution >= 4 is 5.82 Å². The SMILES string of the molecule is COCCNc1nnc(-c2ccccc2)cc1C. The number of benzene rings is 1. The standard InChI is InChI=1S/C14H17N3O/c1-11-10-13(12-6-4-3-5-7-12)16-17-14(11)15-8-9-18-2/h3-7,10H,8-9H2,1-2H3,(H,15,17). The summed E-state index contributed by atoms with van der Waals surface area (Å²) in [6, 6.07) is 12.1. The Morgan fingerprint density at radius 3 is 2.61 bits per heavy atom. The van der Waals surface area contributed by atoms with E-state index in [0.717, 1.165) is 29.2 Å². The first kappa shape index (κ1) is 12.5. The third-order valence-electron chi connectivity index (χ3n) is 2.65. The van der Waals surface area contributed by atoms with E-state index in [1.165, 1.54) is 0 Å². The molecule has 0 saturated carbocycles. The zero-order valence-electron chi connectivity index (χ0n) is 10.7. The monoisotopic (exact) mass is 243 g/mol. The van der Waals surface area contributed by atoms with Gasteiger partial charge in [0.05, 0.1) is 12.3 Å². The molecular formula is C14H17N3O. The van der Waals surface area contributed by atoms with Gasteiger partial charge in [0.1, 0.15) is 0 Å². The number of methoxy groups -OCH3 is 1. The Morgan fingerprint density at radius 2 is 1.94 bits per heavy atom. The highest BCUT2D eigenvalue weighted by Gasteiger charge is 2.04. The number of ether oxygens (including phenoxy) is 1. The zero-order valence-corrected chi connectivity index (χ0v) is 10.7. The molecule has 2 rings (SSSR count). The average Bonchev–Trinajstić information content (AvgIpc) is 2.42. The molecule has 1 N–H and O–H groups in total. The van der Waals surface area contributed by atoms with Crippen LogP contribution in [0.3, 0.4) is 0 Å². The van der Waals surface area contributed by atoms with Gasteiger partial charge in [0, 0.05) is 19.2 Å². The Labute approximate surface area is 107 Å². The van der Waals surface area contributed by atoms with Crippen molar-refractivity contribution in [2.75, 3.05) is 25.6 Å². The second-order valence-electron chi connectivity index (χ2n) is 4.05. The zero-order chi connectivity index (χ0) is 12.8. The Kier molecular flexibility index (Phi) is 4.25. The van der Waals surface area contributed by atoms with Crippen LogP contribution in [-0.2, 0) is 4.74 Å². The lowest BCUT2D eigenvalue weighted by Crippen LogP contribution is -2.10. The number of nitrogens with one attached hydrogen (secondary N) is 1. The molecule has 0 radical (unpaired) electrons. The summed E-state index contributed by atoms with van der Waals surface area (Å²) >= 11 is 0. The van der Waals surface area contributed by atoms with E-state index in [-0.39, 0.29) is 0 Å². The van der Waals surface area contributed by atoms with E-state index in [1.54, 1.807) is 7.11 Å². The summed E-state index contributed by atoms with van der Waals surface area (Å²) in [5.74, 6) is 0.812. The molecule has 18 heavy (non-hydrogen) atoms. The molecule has 1 aromatic heterocycles. The Hall–Kier alpha value is -1.94. The van der Waals surface area contributed by atoms with Gasteiger partial charge in [-0.1, -0.05) is 30.3 Å².